The molecule has 2 nitrogen and oxygen atoms in total. The van der Waals surface area contributed by atoms with Crippen molar-refractivity contribution in [3.63, 3.8) is 0 Å². The third-order valence-corrected chi connectivity index (χ3v) is 8.73. The minimum Gasteiger partial charge on any atom is -0.463 e. The molecule has 0 heterocycles. The van der Waals surface area contributed by atoms with E-state index in [1.165, 1.54) is 51.4 Å². The standard InChI is InChI=1S/C21H34O2/c1-14(22)23-16-8-12-21(3)15(13-16)6-7-17-18-5-4-10-20(18,2)11-9-19(17)21/h15-19H,4-13H2,1-3H3/t15-,16+,17+,18+,19+,20-,21-/m0/s1. The van der Waals surface area contributed by atoms with Gasteiger partial charge in [0.1, 0.15) is 6.10 Å². The predicted molar refractivity (Wildman–Crippen MR) is 91.9 cm³/mol. The third-order valence-electron chi connectivity index (χ3n) is 8.73. The van der Waals surface area contributed by atoms with E-state index >= 15 is 0 Å². The lowest BCUT2D eigenvalue weighted by Crippen LogP contribution is -2.53. The average Bonchev–Trinajstić information content (AvgIpc) is 2.89. The average molecular weight is 319 g/mol. The van der Waals surface area contributed by atoms with Gasteiger partial charge < -0.3 is 4.74 Å². The lowest BCUT2D eigenvalue weighted by atomic mass is 9.45. The Balaban J connectivity index is 1.53. The van der Waals surface area contributed by atoms with Crippen LogP contribution in [-0.4, -0.2) is 12.1 Å². The molecule has 2 heteroatoms. The van der Waals surface area contributed by atoms with Crippen LogP contribution in [0.3, 0.4) is 0 Å². The Morgan fingerprint density at radius 3 is 2.57 bits per heavy atom. The van der Waals surface area contributed by atoms with E-state index in [2.05, 4.69) is 13.8 Å². The Morgan fingerprint density at radius 1 is 0.957 bits per heavy atom. The zero-order valence-electron chi connectivity index (χ0n) is 15.3. The number of carbonyl (C=O) groups excluding carboxylic acids is 1. The Kier molecular flexibility index (Phi) is 3.81. The van der Waals surface area contributed by atoms with Gasteiger partial charge in [-0.2, -0.15) is 0 Å². The molecule has 0 radical (unpaired) electrons. The zero-order chi connectivity index (χ0) is 16.2. The fourth-order valence-electron chi connectivity index (χ4n) is 7.55. The van der Waals surface area contributed by atoms with Crippen molar-refractivity contribution in [3.05, 3.63) is 0 Å². The summed E-state index contributed by atoms with van der Waals surface area (Å²) in [7, 11) is 0. The number of ether oxygens (including phenoxy) is 1. The van der Waals surface area contributed by atoms with E-state index in [9.17, 15) is 4.79 Å². The minimum absolute atomic E-state index is 0.0910. The van der Waals surface area contributed by atoms with E-state index in [-0.39, 0.29) is 12.1 Å². The summed E-state index contributed by atoms with van der Waals surface area (Å²) in [5.74, 6) is 3.63. The summed E-state index contributed by atoms with van der Waals surface area (Å²) in [6.45, 7) is 6.75. The monoisotopic (exact) mass is 318 g/mol. The van der Waals surface area contributed by atoms with E-state index in [4.69, 9.17) is 4.74 Å². The fourth-order valence-corrected chi connectivity index (χ4v) is 7.55. The van der Waals surface area contributed by atoms with Crippen LogP contribution in [0.25, 0.3) is 0 Å². The first-order valence-electron chi connectivity index (χ1n) is 10.1. The lowest BCUT2D eigenvalue weighted by Gasteiger charge is -2.60. The Morgan fingerprint density at radius 2 is 1.78 bits per heavy atom. The third kappa shape index (κ3) is 2.46. The number of hydrogen-bond donors (Lipinski definition) is 0. The van der Waals surface area contributed by atoms with E-state index in [0.717, 1.165) is 36.5 Å². The van der Waals surface area contributed by atoms with Gasteiger partial charge in [0.25, 0.3) is 0 Å². The summed E-state index contributed by atoms with van der Waals surface area (Å²) in [5, 5.41) is 0. The molecule has 0 bridgehead atoms. The van der Waals surface area contributed by atoms with Gasteiger partial charge in [0.15, 0.2) is 0 Å². The molecule has 0 aromatic heterocycles. The first-order valence-corrected chi connectivity index (χ1v) is 10.1. The molecule has 0 aliphatic heterocycles. The van der Waals surface area contributed by atoms with Gasteiger partial charge >= 0.3 is 5.97 Å². The van der Waals surface area contributed by atoms with Crippen LogP contribution in [-0.2, 0) is 9.53 Å². The molecule has 0 unspecified atom stereocenters. The van der Waals surface area contributed by atoms with E-state index in [0.29, 0.717) is 10.8 Å². The number of carbonyl (C=O) groups is 1. The minimum atomic E-state index is -0.0910. The molecule has 0 N–H and O–H groups in total. The summed E-state index contributed by atoms with van der Waals surface area (Å²) in [6, 6.07) is 0. The summed E-state index contributed by atoms with van der Waals surface area (Å²) >= 11 is 0. The highest BCUT2D eigenvalue weighted by Crippen LogP contribution is 2.66. The first kappa shape index (κ1) is 16.0. The Labute approximate surface area is 141 Å². The molecule has 0 aromatic rings. The maximum Gasteiger partial charge on any atom is 0.302 e. The van der Waals surface area contributed by atoms with Crippen molar-refractivity contribution < 1.29 is 9.53 Å². The van der Waals surface area contributed by atoms with Crippen molar-refractivity contribution in [1.29, 1.82) is 0 Å². The predicted octanol–water partition coefficient (Wildman–Crippen LogP) is 5.35. The van der Waals surface area contributed by atoms with Gasteiger partial charge in [-0.25, -0.2) is 0 Å². The molecule has 0 aromatic carbocycles. The number of esters is 1. The summed E-state index contributed by atoms with van der Waals surface area (Å²) in [6.07, 6.45) is 13.9. The molecule has 4 rings (SSSR count). The molecule has 4 aliphatic rings. The highest BCUT2D eigenvalue weighted by Gasteiger charge is 2.57. The van der Waals surface area contributed by atoms with Crippen molar-refractivity contribution >= 4 is 5.97 Å². The van der Waals surface area contributed by atoms with Crippen LogP contribution in [0.5, 0.6) is 0 Å². The van der Waals surface area contributed by atoms with Gasteiger partial charge in [-0.1, -0.05) is 20.3 Å². The molecule has 130 valence electrons. The second kappa shape index (κ2) is 5.49. The maximum atomic E-state index is 11.3. The van der Waals surface area contributed by atoms with E-state index in [1.807, 2.05) is 0 Å². The lowest BCUT2D eigenvalue weighted by molar-refractivity contribution is -0.159. The molecule has 23 heavy (non-hydrogen) atoms. The van der Waals surface area contributed by atoms with Crippen molar-refractivity contribution in [2.75, 3.05) is 0 Å². The van der Waals surface area contributed by atoms with Crippen molar-refractivity contribution in [1.82, 2.24) is 0 Å². The van der Waals surface area contributed by atoms with Gasteiger partial charge in [-0.15, -0.1) is 0 Å². The van der Waals surface area contributed by atoms with E-state index in [1.54, 1.807) is 6.92 Å². The van der Waals surface area contributed by atoms with Crippen LogP contribution in [0.4, 0.5) is 0 Å². The second-order valence-electron chi connectivity index (χ2n) is 9.75. The number of rotatable bonds is 1. The van der Waals surface area contributed by atoms with Gasteiger partial charge in [0, 0.05) is 6.92 Å². The van der Waals surface area contributed by atoms with Gasteiger partial charge in [-0.05, 0) is 92.3 Å². The highest BCUT2D eigenvalue weighted by atomic mass is 16.5. The molecule has 7 atom stereocenters. The normalized spacial score (nSPS) is 52.2. The number of hydrogen-bond acceptors (Lipinski definition) is 2. The smallest absolute Gasteiger partial charge is 0.302 e. The van der Waals surface area contributed by atoms with Crippen LogP contribution in [0.1, 0.15) is 85.0 Å². The van der Waals surface area contributed by atoms with Crippen LogP contribution in [0, 0.1) is 34.5 Å². The molecule has 0 saturated heterocycles. The summed E-state index contributed by atoms with van der Waals surface area (Å²) in [4.78, 5) is 11.3. The molecule has 4 aliphatic carbocycles. The molecule has 0 amide bonds. The first-order chi connectivity index (χ1) is 10.9. The fraction of sp³-hybridized carbons (Fsp3) is 0.952. The van der Waals surface area contributed by atoms with Crippen molar-refractivity contribution in [2.24, 2.45) is 34.5 Å². The topological polar surface area (TPSA) is 26.3 Å². The van der Waals surface area contributed by atoms with Gasteiger partial charge in [-0.3, -0.25) is 4.79 Å². The number of fused-ring (bicyclic) bond motifs is 5. The van der Waals surface area contributed by atoms with Crippen molar-refractivity contribution in [2.45, 2.75) is 91.1 Å². The summed E-state index contributed by atoms with van der Waals surface area (Å²) < 4.78 is 5.57. The van der Waals surface area contributed by atoms with Gasteiger partial charge in [0.05, 0.1) is 0 Å². The van der Waals surface area contributed by atoms with Crippen LogP contribution < -0.4 is 0 Å². The van der Waals surface area contributed by atoms with E-state index < -0.39 is 0 Å². The largest absolute Gasteiger partial charge is 0.463 e. The van der Waals surface area contributed by atoms with Crippen molar-refractivity contribution in [3.8, 4) is 0 Å². The summed E-state index contributed by atoms with van der Waals surface area (Å²) in [5.41, 5.74) is 1.18. The molecular formula is C21H34O2. The molecule has 0 spiro atoms. The highest BCUT2D eigenvalue weighted by molar-refractivity contribution is 5.66. The Bertz CT molecular complexity index is 486. The van der Waals surface area contributed by atoms with Gasteiger partial charge in [0.2, 0.25) is 0 Å². The molecular weight excluding hydrogens is 284 g/mol. The van der Waals surface area contributed by atoms with Crippen LogP contribution >= 0.6 is 0 Å². The quantitative estimate of drug-likeness (QED) is 0.609. The van der Waals surface area contributed by atoms with Crippen LogP contribution in [0.15, 0.2) is 0 Å². The zero-order valence-corrected chi connectivity index (χ0v) is 15.3. The SMILES string of the molecule is CC(=O)O[C@@H]1CC[C@@]2(C)[C@@H](CC[C@@H]3[C@H]4CCC[C@@]4(C)CC[C@H]32)C1. The van der Waals surface area contributed by atoms with Crippen LogP contribution in [0.2, 0.25) is 0 Å². The maximum absolute atomic E-state index is 11.3. The Hall–Kier alpha value is -0.530. The molecule has 4 fully saturated rings. The molecule has 4 saturated carbocycles. The second-order valence-corrected chi connectivity index (χ2v) is 9.75.